The number of aromatic nitrogens is 1. The van der Waals surface area contributed by atoms with Gasteiger partial charge >= 0.3 is 0 Å². The van der Waals surface area contributed by atoms with Gasteiger partial charge in [0, 0.05) is 32.0 Å². The first-order valence-electron chi connectivity index (χ1n) is 9.04. The monoisotopic (exact) mass is 337 g/mol. The highest BCUT2D eigenvalue weighted by molar-refractivity contribution is 5.79. The fourth-order valence-electron chi connectivity index (χ4n) is 3.35. The van der Waals surface area contributed by atoms with E-state index in [1.165, 1.54) is 24.0 Å². The number of aryl methyl sites for hydroxylation is 2. The van der Waals surface area contributed by atoms with E-state index in [1.807, 2.05) is 37.3 Å². The van der Waals surface area contributed by atoms with E-state index in [1.54, 1.807) is 6.20 Å². The summed E-state index contributed by atoms with van der Waals surface area (Å²) in [6.45, 7) is 2.20. The number of pyridine rings is 1. The summed E-state index contributed by atoms with van der Waals surface area (Å²) in [7, 11) is 4.07. The molecule has 0 unspecified atom stereocenters. The second kappa shape index (κ2) is 8.26. The standard InChI is InChI=1S/C21H27N3O/c1-23(2)11-12-24(16-18-5-4-10-22-15-18)21(25)14-17-8-9-19-6-3-7-20(19)13-17/h4-5,8-10,13,15H,3,6-7,11-12,14,16H2,1-2H3. The Morgan fingerprint density at radius 1 is 1.08 bits per heavy atom. The van der Waals surface area contributed by atoms with Gasteiger partial charge in [-0.25, -0.2) is 0 Å². The molecule has 1 heterocycles. The van der Waals surface area contributed by atoms with Gasteiger partial charge in [0.05, 0.1) is 6.42 Å². The number of likely N-dealkylation sites (N-methyl/N-ethyl adjacent to an activating group) is 1. The third-order valence-electron chi connectivity index (χ3n) is 4.78. The van der Waals surface area contributed by atoms with Gasteiger partial charge in [0.2, 0.25) is 5.91 Å². The van der Waals surface area contributed by atoms with Crippen LogP contribution in [-0.2, 0) is 30.6 Å². The van der Waals surface area contributed by atoms with Crippen LogP contribution in [0, 0.1) is 0 Å². The molecule has 3 rings (SSSR count). The van der Waals surface area contributed by atoms with Crippen LogP contribution in [0.1, 0.15) is 28.7 Å². The van der Waals surface area contributed by atoms with Crippen molar-refractivity contribution >= 4 is 5.91 Å². The van der Waals surface area contributed by atoms with Crippen molar-refractivity contribution in [1.29, 1.82) is 0 Å². The van der Waals surface area contributed by atoms with Crippen molar-refractivity contribution in [3.05, 3.63) is 65.0 Å². The molecule has 2 aromatic rings. The second-order valence-electron chi connectivity index (χ2n) is 7.11. The molecule has 0 spiro atoms. The number of carbonyl (C=O) groups is 1. The van der Waals surface area contributed by atoms with Gasteiger partial charge in [-0.15, -0.1) is 0 Å². The lowest BCUT2D eigenvalue weighted by Crippen LogP contribution is -2.37. The fraction of sp³-hybridized carbons (Fsp3) is 0.429. The Bertz CT molecular complexity index is 712. The van der Waals surface area contributed by atoms with Crippen LogP contribution >= 0.6 is 0 Å². The van der Waals surface area contributed by atoms with Crippen molar-refractivity contribution in [1.82, 2.24) is 14.8 Å². The van der Waals surface area contributed by atoms with E-state index in [0.29, 0.717) is 13.0 Å². The van der Waals surface area contributed by atoms with E-state index in [0.717, 1.165) is 30.6 Å². The Morgan fingerprint density at radius 3 is 2.68 bits per heavy atom. The summed E-state index contributed by atoms with van der Waals surface area (Å²) in [6, 6.07) is 10.5. The fourth-order valence-corrected chi connectivity index (χ4v) is 3.35. The maximum Gasteiger partial charge on any atom is 0.227 e. The first-order chi connectivity index (χ1) is 12.1. The summed E-state index contributed by atoms with van der Waals surface area (Å²) in [5.74, 6) is 0.184. The van der Waals surface area contributed by atoms with Crippen LogP contribution in [0.25, 0.3) is 0 Å². The Labute approximate surface area is 150 Å². The lowest BCUT2D eigenvalue weighted by molar-refractivity contribution is -0.131. The molecule has 1 aromatic heterocycles. The minimum absolute atomic E-state index is 0.184. The Hall–Kier alpha value is -2.20. The molecule has 0 atom stereocenters. The van der Waals surface area contributed by atoms with E-state index >= 15 is 0 Å². The van der Waals surface area contributed by atoms with Crippen LogP contribution < -0.4 is 0 Å². The molecule has 1 aromatic carbocycles. The number of nitrogens with zero attached hydrogens (tertiary/aromatic N) is 3. The zero-order valence-corrected chi connectivity index (χ0v) is 15.2. The molecule has 0 radical (unpaired) electrons. The molecule has 0 fully saturated rings. The molecule has 4 heteroatoms. The van der Waals surface area contributed by atoms with E-state index in [4.69, 9.17) is 0 Å². The van der Waals surface area contributed by atoms with Gasteiger partial charge in [0.1, 0.15) is 0 Å². The number of benzene rings is 1. The second-order valence-corrected chi connectivity index (χ2v) is 7.11. The normalized spacial score (nSPS) is 13.1. The highest BCUT2D eigenvalue weighted by Crippen LogP contribution is 2.23. The van der Waals surface area contributed by atoms with Gasteiger partial charge in [0.25, 0.3) is 0 Å². The number of fused-ring (bicyclic) bond motifs is 1. The van der Waals surface area contributed by atoms with Crippen LogP contribution in [0.5, 0.6) is 0 Å². The van der Waals surface area contributed by atoms with Crippen LogP contribution in [0.4, 0.5) is 0 Å². The van der Waals surface area contributed by atoms with E-state index in [9.17, 15) is 4.79 Å². The molecule has 0 N–H and O–H groups in total. The summed E-state index contributed by atoms with van der Waals surface area (Å²) in [5, 5.41) is 0. The number of hydrogen-bond acceptors (Lipinski definition) is 3. The average molecular weight is 337 g/mol. The minimum Gasteiger partial charge on any atom is -0.337 e. The van der Waals surface area contributed by atoms with Gasteiger partial charge in [-0.1, -0.05) is 24.3 Å². The lowest BCUT2D eigenvalue weighted by Gasteiger charge is -2.24. The third kappa shape index (κ3) is 4.89. The van der Waals surface area contributed by atoms with Crippen molar-refractivity contribution in [2.75, 3.05) is 27.2 Å². The quantitative estimate of drug-likeness (QED) is 0.779. The average Bonchev–Trinajstić information content (AvgIpc) is 3.07. The SMILES string of the molecule is CN(C)CCN(Cc1cccnc1)C(=O)Cc1ccc2c(c1)CCC2. The molecule has 0 saturated carbocycles. The molecule has 0 saturated heterocycles. The smallest absolute Gasteiger partial charge is 0.227 e. The molecular weight excluding hydrogens is 310 g/mol. The zero-order valence-electron chi connectivity index (χ0n) is 15.2. The summed E-state index contributed by atoms with van der Waals surface area (Å²) in [4.78, 5) is 21.1. The highest BCUT2D eigenvalue weighted by Gasteiger charge is 2.17. The van der Waals surface area contributed by atoms with Crippen LogP contribution in [0.2, 0.25) is 0 Å². The summed E-state index contributed by atoms with van der Waals surface area (Å²) < 4.78 is 0. The molecule has 1 aliphatic rings. The Morgan fingerprint density at radius 2 is 1.92 bits per heavy atom. The van der Waals surface area contributed by atoms with Crippen LogP contribution in [0.3, 0.4) is 0 Å². The Kier molecular flexibility index (Phi) is 5.82. The Balaban J connectivity index is 1.69. The van der Waals surface area contributed by atoms with Gasteiger partial charge in [0.15, 0.2) is 0 Å². The van der Waals surface area contributed by atoms with Gasteiger partial charge < -0.3 is 9.80 Å². The van der Waals surface area contributed by atoms with Gasteiger partial charge in [-0.3, -0.25) is 9.78 Å². The first-order valence-corrected chi connectivity index (χ1v) is 9.04. The van der Waals surface area contributed by atoms with Gasteiger partial charge in [-0.05, 0) is 61.7 Å². The molecule has 4 nitrogen and oxygen atoms in total. The molecule has 0 bridgehead atoms. The van der Waals surface area contributed by atoms with Crippen molar-refractivity contribution in [2.24, 2.45) is 0 Å². The highest BCUT2D eigenvalue weighted by atomic mass is 16.2. The number of rotatable bonds is 7. The predicted octanol–water partition coefficient (Wildman–Crippen LogP) is 2.70. The molecule has 1 amide bonds. The van der Waals surface area contributed by atoms with Gasteiger partial charge in [-0.2, -0.15) is 0 Å². The van der Waals surface area contributed by atoms with E-state index in [-0.39, 0.29) is 5.91 Å². The first kappa shape index (κ1) is 17.6. The van der Waals surface area contributed by atoms with E-state index < -0.39 is 0 Å². The molecule has 132 valence electrons. The maximum atomic E-state index is 12.9. The topological polar surface area (TPSA) is 36.4 Å². The summed E-state index contributed by atoms with van der Waals surface area (Å²) in [5.41, 5.74) is 5.09. The maximum absolute atomic E-state index is 12.9. The number of hydrogen-bond donors (Lipinski definition) is 0. The minimum atomic E-state index is 0.184. The van der Waals surface area contributed by atoms with Crippen molar-refractivity contribution in [3.8, 4) is 0 Å². The largest absolute Gasteiger partial charge is 0.337 e. The summed E-state index contributed by atoms with van der Waals surface area (Å²) >= 11 is 0. The molecule has 0 aliphatic heterocycles. The zero-order chi connectivity index (χ0) is 17.6. The van der Waals surface area contributed by atoms with Crippen molar-refractivity contribution in [2.45, 2.75) is 32.2 Å². The molecular formula is C21H27N3O. The van der Waals surface area contributed by atoms with E-state index in [2.05, 4.69) is 28.1 Å². The van der Waals surface area contributed by atoms with Crippen LogP contribution in [0.15, 0.2) is 42.7 Å². The molecule has 1 aliphatic carbocycles. The number of amides is 1. The van der Waals surface area contributed by atoms with Crippen molar-refractivity contribution in [3.63, 3.8) is 0 Å². The van der Waals surface area contributed by atoms with Crippen molar-refractivity contribution < 1.29 is 4.79 Å². The number of carbonyl (C=O) groups excluding carboxylic acids is 1. The third-order valence-corrected chi connectivity index (χ3v) is 4.78. The predicted molar refractivity (Wildman–Crippen MR) is 100 cm³/mol. The molecule has 25 heavy (non-hydrogen) atoms. The summed E-state index contributed by atoms with van der Waals surface area (Å²) in [6.07, 6.45) is 7.64. The van der Waals surface area contributed by atoms with Crippen LogP contribution in [-0.4, -0.2) is 47.9 Å². The lowest BCUT2D eigenvalue weighted by atomic mass is 10.0.